The quantitative estimate of drug-likeness (QED) is 0.698. The average Bonchev–Trinajstić information content (AvgIpc) is 2.68. The number of aromatic nitrogens is 1. The van der Waals surface area contributed by atoms with Crippen molar-refractivity contribution < 1.29 is 9.47 Å². The predicted molar refractivity (Wildman–Crippen MR) is 73.6 cm³/mol. The second-order valence-electron chi connectivity index (χ2n) is 3.51. The van der Waals surface area contributed by atoms with E-state index in [1.807, 2.05) is 0 Å². The Kier molecular flexibility index (Phi) is 7.79. The molecule has 0 aliphatic rings. The average molecular weight is 276 g/mol. The highest BCUT2D eigenvalue weighted by Crippen LogP contribution is 2.22. The van der Waals surface area contributed by atoms with Gasteiger partial charge < -0.3 is 14.8 Å². The van der Waals surface area contributed by atoms with Crippen LogP contribution in [-0.2, 0) is 28.4 Å². The Bertz CT molecular complexity index is 318. The number of nitrogens with zero attached hydrogens (tertiary/aromatic N) is 1. The molecule has 1 N–H and O–H groups in total. The first-order chi connectivity index (χ1) is 8.31. The highest BCUT2D eigenvalue weighted by Gasteiger charge is 2.10. The number of thioether (sulfide) groups is 1. The zero-order chi connectivity index (χ0) is 12.5. The third kappa shape index (κ3) is 5.35. The smallest absolute Gasteiger partial charge is 0.103 e. The van der Waals surface area contributed by atoms with Gasteiger partial charge in [0.2, 0.25) is 0 Å². The number of hydrogen-bond donors (Lipinski definition) is 1. The zero-order valence-corrected chi connectivity index (χ0v) is 12.2. The minimum absolute atomic E-state index is 0.589. The number of thiazole rings is 1. The van der Waals surface area contributed by atoms with E-state index in [2.05, 4.69) is 16.6 Å². The number of nitrogens with one attached hydrogen (secondary N) is 1. The van der Waals surface area contributed by atoms with Crippen molar-refractivity contribution in [3.8, 4) is 0 Å². The molecule has 0 fully saturated rings. The van der Waals surface area contributed by atoms with E-state index in [1.165, 1.54) is 9.88 Å². The number of hydrogen-bond acceptors (Lipinski definition) is 6. The summed E-state index contributed by atoms with van der Waals surface area (Å²) in [6.07, 6.45) is 2.09. The maximum Gasteiger partial charge on any atom is 0.103 e. The maximum atomic E-state index is 5.17. The monoisotopic (exact) mass is 276 g/mol. The first-order valence-electron chi connectivity index (χ1n) is 5.46. The van der Waals surface area contributed by atoms with Crippen LogP contribution >= 0.6 is 23.1 Å². The standard InChI is InChI=1S/C11H20N2O2S2/c1-14-5-4-12-6-10-9(7-15-2)13-11(17-10)8-16-3/h12H,4-8H2,1-3H3. The fourth-order valence-corrected chi connectivity index (χ4v) is 3.12. The predicted octanol–water partition coefficient (Wildman–Crippen LogP) is 1.89. The summed E-state index contributed by atoms with van der Waals surface area (Å²) in [7, 11) is 3.41. The molecule has 6 heteroatoms. The molecule has 0 bridgehead atoms. The largest absolute Gasteiger partial charge is 0.383 e. The van der Waals surface area contributed by atoms with Crippen LogP contribution in [0.4, 0.5) is 0 Å². The van der Waals surface area contributed by atoms with Crippen molar-refractivity contribution in [2.24, 2.45) is 0 Å². The number of ether oxygens (including phenoxy) is 2. The highest BCUT2D eigenvalue weighted by atomic mass is 32.2. The van der Waals surface area contributed by atoms with Crippen LogP contribution in [0.1, 0.15) is 15.6 Å². The van der Waals surface area contributed by atoms with Gasteiger partial charge in [0.25, 0.3) is 0 Å². The molecule has 98 valence electrons. The SMILES string of the molecule is COCCNCc1sc(CSC)nc1COC. The van der Waals surface area contributed by atoms with E-state index in [0.717, 1.165) is 31.1 Å². The van der Waals surface area contributed by atoms with Crippen LogP contribution in [0, 0.1) is 0 Å². The fraction of sp³-hybridized carbons (Fsp3) is 0.727. The van der Waals surface area contributed by atoms with E-state index in [1.54, 1.807) is 37.3 Å². The van der Waals surface area contributed by atoms with Crippen molar-refractivity contribution in [3.63, 3.8) is 0 Å². The lowest BCUT2D eigenvalue weighted by atomic mass is 10.3. The third-order valence-corrected chi connectivity index (χ3v) is 3.98. The van der Waals surface area contributed by atoms with E-state index in [0.29, 0.717) is 6.61 Å². The summed E-state index contributed by atoms with van der Waals surface area (Å²) >= 11 is 3.56. The van der Waals surface area contributed by atoms with Gasteiger partial charge in [-0.15, -0.1) is 11.3 Å². The van der Waals surface area contributed by atoms with E-state index in [-0.39, 0.29) is 0 Å². The Labute approximate surface area is 111 Å². The van der Waals surface area contributed by atoms with Gasteiger partial charge in [-0.05, 0) is 6.26 Å². The maximum absolute atomic E-state index is 5.17. The molecule has 1 aromatic heterocycles. The molecular weight excluding hydrogens is 256 g/mol. The molecule has 17 heavy (non-hydrogen) atoms. The zero-order valence-electron chi connectivity index (χ0n) is 10.6. The summed E-state index contributed by atoms with van der Waals surface area (Å²) in [4.78, 5) is 5.86. The van der Waals surface area contributed by atoms with Gasteiger partial charge in [-0.25, -0.2) is 4.98 Å². The van der Waals surface area contributed by atoms with Crippen molar-refractivity contribution in [1.29, 1.82) is 0 Å². The van der Waals surface area contributed by atoms with Gasteiger partial charge in [-0.1, -0.05) is 0 Å². The van der Waals surface area contributed by atoms with Gasteiger partial charge in [0.15, 0.2) is 0 Å². The Morgan fingerprint density at radius 3 is 2.82 bits per heavy atom. The van der Waals surface area contributed by atoms with Crippen LogP contribution in [0.25, 0.3) is 0 Å². The van der Waals surface area contributed by atoms with Gasteiger partial charge in [0.1, 0.15) is 5.01 Å². The Hall–Kier alpha value is -0.140. The normalized spacial score (nSPS) is 11.0. The van der Waals surface area contributed by atoms with E-state index < -0.39 is 0 Å². The minimum Gasteiger partial charge on any atom is -0.383 e. The first kappa shape index (κ1) is 14.9. The summed E-state index contributed by atoms with van der Waals surface area (Å²) in [5, 5.41) is 4.51. The van der Waals surface area contributed by atoms with Crippen LogP contribution in [0.3, 0.4) is 0 Å². The number of rotatable bonds is 9. The topological polar surface area (TPSA) is 43.4 Å². The fourth-order valence-electron chi connectivity index (χ4n) is 1.39. The summed E-state index contributed by atoms with van der Waals surface area (Å²) in [5.74, 6) is 0.972. The van der Waals surface area contributed by atoms with Crippen LogP contribution in [0.15, 0.2) is 0 Å². The summed E-state index contributed by atoms with van der Waals surface area (Å²) < 4.78 is 10.2. The molecule has 0 aromatic carbocycles. The summed E-state index contributed by atoms with van der Waals surface area (Å²) in [5.41, 5.74) is 1.06. The molecule has 1 aromatic rings. The molecule has 0 unspecified atom stereocenters. The summed E-state index contributed by atoms with van der Waals surface area (Å²) in [6.45, 7) is 3.02. The Balaban J connectivity index is 2.54. The van der Waals surface area contributed by atoms with Crippen LogP contribution in [-0.4, -0.2) is 38.6 Å². The molecule has 0 amide bonds. The molecule has 0 atom stereocenters. The molecule has 0 spiro atoms. The lowest BCUT2D eigenvalue weighted by molar-refractivity contribution is 0.180. The second-order valence-corrected chi connectivity index (χ2v) is 5.55. The second kappa shape index (κ2) is 8.88. The van der Waals surface area contributed by atoms with Gasteiger partial charge >= 0.3 is 0 Å². The molecule has 0 aliphatic heterocycles. The van der Waals surface area contributed by atoms with E-state index >= 15 is 0 Å². The van der Waals surface area contributed by atoms with Crippen molar-refractivity contribution in [2.45, 2.75) is 18.9 Å². The molecule has 4 nitrogen and oxygen atoms in total. The molecule has 0 saturated heterocycles. The Morgan fingerprint density at radius 2 is 2.18 bits per heavy atom. The number of methoxy groups -OCH3 is 2. The van der Waals surface area contributed by atoms with Crippen molar-refractivity contribution in [2.75, 3.05) is 33.6 Å². The van der Waals surface area contributed by atoms with Crippen LogP contribution in [0.5, 0.6) is 0 Å². The molecule has 1 rings (SSSR count). The van der Waals surface area contributed by atoms with Crippen molar-refractivity contribution in [1.82, 2.24) is 10.3 Å². The molecule has 0 aliphatic carbocycles. The lowest BCUT2D eigenvalue weighted by Gasteiger charge is -2.03. The van der Waals surface area contributed by atoms with Crippen molar-refractivity contribution >= 4 is 23.1 Å². The molecule has 0 saturated carbocycles. The van der Waals surface area contributed by atoms with Crippen LogP contribution < -0.4 is 5.32 Å². The van der Waals surface area contributed by atoms with Gasteiger partial charge in [-0.3, -0.25) is 0 Å². The van der Waals surface area contributed by atoms with E-state index in [4.69, 9.17) is 9.47 Å². The van der Waals surface area contributed by atoms with Gasteiger partial charge in [-0.2, -0.15) is 11.8 Å². The Morgan fingerprint density at radius 1 is 1.35 bits per heavy atom. The van der Waals surface area contributed by atoms with E-state index in [9.17, 15) is 0 Å². The summed E-state index contributed by atoms with van der Waals surface area (Å²) in [6, 6.07) is 0. The van der Waals surface area contributed by atoms with Gasteiger partial charge in [0, 0.05) is 37.9 Å². The van der Waals surface area contributed by atoms with Crippen LogP contribution in [0.2, 0.25) is 0 Å². The first-order valence-corrected chi connectivity index (χ1v) is 7.67. The molecular formula is C11H20N2O2S2. The molecule has 0 radical (unpaired) electrons. The lowest BCUT2D eigenvalue weighted by Crippen LogP contribution is -2.18. The minimum atomic E-state index is 0.589. The molecule has 1 heterocycles. The third-order valence-electron chi connectivity index (χ3n) is 2.14. The highest BCUT2D eigenvalue weighted by molar-refractivity contribution is 7.97. The van der Waals surface area contributed by atoms with Gasteiger partial charge in [0.05, 0.1) is 18.9 Å². The van der Waals surface area contributed by atoms with Crippen molar-refractivity contribution in [3.05, 3.63) is 15.6 Å².